The molecule has 3 rings (SSSR count). The summed E-state index contributed by atoms with van der Waals surface area (Å²) in [5, 5.41) is 0. The number of ether oxygens (including phenoxy) is 1. The van der Waals surface area contributed by atoms with E-state index in [0.29, 0.717) is 0 Å². The summed E-state index contributed by atoms with van der Waals surface area (Å²) in [7, 11) is 1.69. The zero-order chi connectivity index (χ0) is 12.6. The van der Waals surface area contributed by atoms with E-state index in [2.05, 4.69) is 11.1 Å². The van der Waals surface area contributed by atoms with E-state index in [1.165, 1.54) is 17.5 Å². The minimum absolute atomic E-state index is 0.344. The molecule has 0 aromatic heterocycles. The predicted octanol–water partition coefficient (Wildman–Crippen LogP) is 2.90. The number of aryl methyl sites for hydroxylation is 1. The van der Waals surface area contributed by atoms with Crippen LogP contribution in [-0.2, 0) is 23.2 Å². The fourth-order valence-corrected chi connectivity index (χ4v) is 3.34. The van der Waals surface area contributed by atoms with Crippen LogP contribution in [-0.4, -0.2) is 13.2 Å². The van der Waals surface area contributed by atoms with Crippen LogP contribution in [0.3, 0.4) is 0 Å². The van der Waals surface area contributed by atoms with Crippen molar-refractivity contribution in [1.29, 1.82) is 0 Å². The van der Waals surface area contributed by atoms with Gasteiger partial charge in [0.1, 0.15) is 11.3 Å². The first kappa shape index (κ1) is 11.5. The van der Waals surface area contributed by atoms with Crippen molar-refractivity contribution in [3.63, 3.8) is 0 Å². The van der Waals surface area contributed by atoms with Crippen molar-refractivity contribution in [3.8, 4) is 5.75 Å². The number of hydrogen-bond donors (Lipinski definition) is 0. The molecule has 3 nitrogen and oxygen atoms in total. The number of methoxy groups -OCH3 is 1. The van der Waals surface area contributed by atoms with E-state index in [0.717, 1.165) is 43.4 Å². The van der Waals surface area contributed by atoms with Crippen molar-refractivity contribution >= 4 is 6.08 Å². The summed E-state index contributed by atoms with van der Waals surface area (Å²) >= 11 is 0. The molecule has 0 amide bonds. The van der Waals surface area contributed by atoms with Crippen molar-refractivity contribution in [2.24, 2.45) is 4.99 Å². The number of aliphatic imine (C=N–C) groups is 1. The second-order valence-electron chi connectivity index (χ2n) is 5.22. The van der Waals surface area contributed by atoms with Crippen LogP contribution in [0.1, 0.15) is 42.4 Å². The van der Waals surface area contributed by atoms with Crippen LogP contribution in [0.2, 0.25) is 0 Å². The van der Waals surface area contributed by atoms with E-state index in [-0.39, 0.29) is 5.54 Å². The van der Waals surface area contributed by atoms with E-state index in [9.17, 15) is 4.79 Å². The molecule has 0 heterocycles. The van der Waals surface area contributed by atoms with Crippen LogP contribution in [0.4, 0.5) is 0 Å². The zero-order valence-electron chi connectivity index (χ0n) is 10.7. The average Bonchev–Trinajstić information content (AvgIpc) is 2.81. The van der Waals surface area contributed by atoms with E-state index in [4.69, 9.17) is 4.74 Å². The van der Waals surface area contributed by atoms with Gasteiger partial charge in [0.2, 0.25) is 6.08 Å². The van der Waals surface area contributed by atoms with Gasteiger partial charge in [-0.05, 0) is 55.7 Å². The Morgan fingerprint density at radius 1 is 1.28 bits per heavy atom. The number of isocyanates is 1. The Morgan fingerprint density at radius 2 is 2.11 bits per heavy atom. The number of nitrogens with zero attached hydrogens (tertiary/aromatic N) is 1. The van der Waals surface area contributed by atoms with Gasteiger partial charge in [-0.2, -0.15) is 4.99 Å². The molecule has 0 unspecified atom stereocenters. The lowest BCUT2D eigenvalue weighted by Gasteiger charge is -2.39. The third-order valence-corrected chi connectivity index (χ3v) is 4.37. The summed E-state index contributed by atoms with van der Waals surface area (Å²) in [5.41, 5.74) is 3.59. The van der Waals surface area contributed by atoms with Gasteiger partial charge in [-0.1, -0.05) is 6.07 Å². The summed E-state index contributed by atoms with van der Waals surface area (Å²) in [5.74, 6) is 0.884. The number of benzene rings is 1. The third-order valence-electron chi connectivity index (χ3n) is 4.37. The molecule has 0 radical (unpaired) electrons. The molecule has 0 spiro atoms. The molecule has 0 aliphatic heterocycles. The van der Waals surface area contributed by atoms with E-state index >= 15 is 0 Å². The minimum atomic E-state index is -0.344. The quantitative estimate of drug-likeness (QED) is 0.605. The molecule has 1 aromatic rings. The molecule has 0 saturated heterocycles. The molecule has 0 N–H and O–H groups in total. The third kappa shape index (κ3) is 1.51. The Morgan fingerprint density at radius 3 is 2.72 bits per heavy atom. The Kier molecular flexibility index (Phi) is 2.71. The monoisotopic (exact) mass is 243 g/mol. The van der Waals surface area contributed by atoms with Crippen LogP contribution in [0.5, 0.6) is 5.75 Å². The van der Waals surface area contributed by atoms with Crippen LogP contribution in [0, 0.1) is 0 Å². The smallest absolute Gasteiger partial charge is 0.235 e. The highest BCUT2D eigenvalue weighted by atomic mass is 16.5. The summed E-state index contributed by atoms with van der Waals surface area (Å²) < 4.78 is 5.51. The fraction of sp³-hybridized carbons (Fsp3) is 0.533. The molecule has 2 aliphatic carbocycles. The predicted molar refractivity (Wildman–Crippen MR) is 68.7 cm³/mol. The van der Waals surface area contributed by atoms with Gasteiger partial charge in [0, 0.05) is 5.56 Å². The van der Waals surface area contributed by atoms with E-state index in [1.54, 1.807) is 13.2 Å². The van der Waals surface area contributed by atoms with Gasteiger partial charge >= 0.3 is 0 Å². The molecular weight excluding hydrogens is 226 g/mol. The lowest BCUT2D eigenvalue weighted by molar-refractivity contribution is 0.244. The summed E-state index contributed by atoms with van der Waals surface area (Å²) in [6, 6.07) is 4.18. The second-order valence-corrected chi connectivity index (χ2v) is 5.22. The van der Waals surface area contributed by atoms with Crippen LogP contribution < -0.4 is 4.74 Å². The Bertz CT molecular complexity index is 526. The van der Waals surface area contributed by atoms with Crippen molar-refractivity contribution in [2.75, 3.05) is 7.11 Å². The van der Waals surface area contributed by atoms with Crippen molar-refractivity contribution in [2.45, 2.75) is 44.1 Å². The molecular formula is C15H17NO2. The number of fused-ring (bicyclic) bond motifs is 1. The van der Waals surface area contributed by atoms with Crippen molar-refractivity contribution in [3.05, 3.63) is 28.8 Å². The molecule has 18 heavy (non-hydrogen) atoms. The molecule has 0 bridgehead atoms. The molecule has 1 saturated carbocycles. The Labute approximate surface area is 107 Å². The highest BCUT2D eigenvalue weighted by molar-refractivity contribution is 5.53. The summed E-state index contributed by atoms with van der Waals surface area (Å²) in [6.45, 7) is 0. The maximum atomic E-state index is 10.8. The first-order chi connectivity index (χ1) is 8.80. The van der Waals surface area contributed by atoms with Gasteiger partial charge in [0.15, 0.2) is 0 Å². The topological polar surface area (TPSA) is 38.7 Å². The van der Waals surface area contributed by atoms with Gasteiger partial charge in [-0.3, -0.25) is 0 Å². The average molecular weight is 243 g/mol. The summed E-state index contributed by atoms with van der Waals surface area (Å²) in [4.78, 5) is 14.9. The second kappa shape index (κ2) is 4.25. The van der Waals surface area contributed by atoms with E-state index < -0.39 is 0 Å². The molecule has 1 aromatic carbocycles. The Balaban J connectivity index is 2.20. The largest absolute Gasteiger partial charge is 0.496 e. The normalized spacial score (nSPS) is 19.6. The zero-order valence-corrected chi connectivity index (χ0v) is 10.7. The van der Waals surface area contributed by atoms with Crippen molar-refractivity contribution < 1.29 is 9.53 Å². The standard InChI is InChI=1S/C15H17NO2/c1-18-13-7-6-11-4-2-5-12(11)14(13)15(16-10-17)8-3-9-15/h6-7H,2-5,8-9H2,1H3. The molecule has 1 fully saturated rings. The van der Waals surface area contributed by atoms with Crippen LogP contribution >= 0.6 is 0 Å². The maximum Gasteiger partial charge on any atom is 0.235 e. The highest BCUT2D eigenvalue weighted by Crippen LogP contribution is 2.51. The van der Waals surface area contributed by atoms with Crippen LogP contribution in [0.25, 0.3) is 0 Å². The number of carbonyl (C=O) groups excluding carboxylic acids is 1. The molecule has 3 heteroatoms. The Hall–Kier alpha value is -1.60. The van der Waals surface area contributed by atoms with Gasteiger partial charge in [0.25, 0.3) is 0 Å². The minimum Gasteiger partial charge on any atom is -0.496 e. The lowest BCUT2D eigenvalue weighted by atomic mass is 9.70. The van der Waals surface area contributed by atoms with Gasteiger partial charge in [-0.25, -0.2) is 4.79 Å². The van der Waals surface area contributed by atoms with Gasteiger partial charge < -0.3 is 4.74 Å². The number of hydrogen-bond acceptors (Lipinski definition) is 3. The van der Waals surface area contributed by atoms with Gasteiger partial charge in [-0.15, -0.1) is 0 Å². The first-order valence-corrected chi connectivity index (χ1v) is 6.59. The maximum absolute atomic E-state index is 10.8. The number of rotatable bonds is 3. The first-order valence-electron chi connectivity index (χ1n) is 6.59. The van der Waals surface area contributed by atoms with E-state index in [1.807, 2.05) is 6.07 Å². The molecule has 2 aliphatic rings. The summed E-state index contributed by atoms with van der Waals surface area (Å²) in [6.07, 6.45) is 8.18. The molecule has 0 atom stereocenters. The SMILES string of the molecule is COc1ccc2c(c1C1(N=C=O)CCC1)CCC2. The van der Waals surface area contributed by atoms with Crippen LogP contribution in [0.15, 0.2) is 17.1 Å². The fourth-order valence-electron chi connectivity index (χ4n) is 3.34. The van der Waals surface area contributed by atoms with Crippen molar-refractivity contribution in [1.82, 2.24) is 0 Å². The van der Waals surface area contributed by atoms with Gasteiger partial charge in [0.05, 0.1) is 7.11 Å². The highest BCUT2D eigenvalue weighted by Gasteiger charge is 2.43. The molecule has 94 valence electrons. The lowest BCUT2D eigenvalue weighted by Crippen LogP contribution is -2.33.